The number of hydrogen-bond acceptors (Lipinski definition) is 6. The number of nitrogens with two attached hydrogens (primary N) is 1. The van der Waals surface area contributed by atoms with Crippen molar-refractivity contribution in [2.24, 2.45) is 0 Å². The van der Waals surface area contributed by atoms with Crippen LogP contribution in [0, 0.1) is 0 Å². The molecule has 0 fully saturated rings. The lowest BCUT2D eigenvalue weighted by molar-refractivity contribution is 0.402. The van der Waals surface area contributed by atoms with Crippen LogP contribution in [0.4, 0.5) is 5.69 Å². The average molecular weight is 313 g/mol. The van der Waals surface area contributed by atoms with Gasteiger partial charge in [0.25, 0.3) is 0 Å². The van der Waals surface area contributed by atoms with Gasteiger partial charge in [0, 0.05) is 17.3 Å². The maximum atomic E-state index is 12.4. The predicted octanol–water partition coefficient (Wildman–Crippen LogP) is 1.77. The van der Waals surface area contributed by atoms with Crippen LogP contribution in [0.1, 0.15) is 18.0 Å². The largest absolute Gasteiger partial charge is 0.495 e. The Morgan fingerprint density at radius 1 is 1.45 bits per heavy atom. The molecule has 0 bridgehead atoms. The number of hydrogen-bond donors (Lipinski definition) is 2. The van der Waals surface area contributed by atoms with Crippen molar-refractivity contribution in [3.63, 3.8) is 0 Å². The molecule has 0 saturated carbocycles. The lowest BCUT2D eigenvalue weighted by Crippen LogP contribution is -2.27. The van der Waals surface area contributed by atoms with Gasteiger partial charge >= 0.3 is 0 Å². The summed E-state index contributed by atoms with van der Waals surface area (Å²) in [6.45, 7) is 1.73. The molecule has 108 valence electrons. The highest BCUT2D eigenvalue weighted by atomic mass is 32.2. The second-order valence-electron chi connectivity index (χ2n) is 4.12. The van der Waals surface area contributed by atoms with E-state index in [1.165, 1.54) is 30.6 Å². The molecule has 0 aliphatic carbocycles. The SMILES string of the molecule is COc1ccc(N)cc1S(=O)(=O)NC(C)c1nccs1. The van der Waals surface area contributed by atoms with Gasteiger partial charge in [0.2, 0.25) is 10.0 Å². The number of rotatable bonds is 5. The molecule has 20 heavy (non-hydrogen) atoms. The summed E-state index contributed by atoms with van der Waals surface area (Å²) < 4.78 is 32.4. The Bertz CT molecular complexity index is 684. The molecule has 1 aromatic carbocycles. The fraction of sp³-hybridized carbons (Fsp3) is 0.250. The van der Waals surface area contributed by atoms with E-state index in [0.717, 1.165) is 0 Å². The molecule has 0 aliphatic heterocycles. The highest BCUT2D eigenvalue weighted by Crippen LogP contribution is 2.27. The van der Waals surface area contributed by atoms with Gasteiger partial charge in [0.15, 0.2) is 0 Å². The number of anilines is 1. The molecular weight excluding hydrogens is 298 g/mol. The molecule has 1 unspecified atom stereocenters. The molecule has 1 heterocycles. The van der Waals surface area contributed by atoms with Gasteiger partial charge in [0.1, 0.15) is 15.7 Å². The third-order valence-electron chi connectivity index (χ3n) is 2.63. The molecule has 8 heteroatoms. The van der Waals surface area contributed by atoms with Crippen LogP contribution in [0.5, 0.6) is 5.75 Å². The zero-order valence-corrected chi connectivity index (χ0v) is 12.7. The average Bonchev–Trinajstić information content (AvgIpc) is 2.92. The zero-order valence-electron chi connectivity index (χ0n) is 11.0. The fourth-order valence-electron chi connectivity index (χ4n) is 1.70. The van der Waals surface area contributed by atoms with Gasteiger partial charge in [-0.2, -0.15) is 0 Å². The summed E-state index contributed by atoms with van der Waals surface area (Å²) in [5.41, 5.74) is 6.00. The number of nitrogens with zero attached hydrogens (tertiary/aromatic N) is 1. The summed E-state index contributed by atoms with van der Waals surface area (Å²) in [5, 5.41) is 2.48. The van der Waals surface area contributed by atoms with E-state index in [1.807, 2.05) is 0 Å². The van der Waals surface area contributed by atoms with Gasteiger partial charge in [-0.05, 0) is 25.1 Å². The van der Waals surface area contributed by atoms with E-state index in [2.05, 4.69) is 9.71 Å². The maximum Gasteiger partial charge on any atom is 0.244 e. The number of aromatic nitrogens is 1. The minimum Gasteiger partial charge on any atom is -0.495 e. The number of thiazole rings is 1. The maximum absolute atomic E-state index is 12.4. The molecule has 0 radical (unpaired) electrons. The lowest BCUT2D eigenvalue weighted by Gasteiger charge is -2.14. The topological polar surface area (TPSA) is 94.3 Å². The van der Waals surface area contributed by atoms with Gasteiger partial charge in [0.05, 0.1) is 13.2 Å². The van der Waals surface area contributed by atoms with Crippen molar-refractivity contribution in [2.75, 3.05) is 12.8 Å². The first-order valence-electron chi connectivity index (χ1n) is 5.79. The Morgan fingerprint density at radius 2 is 2.20 bits per heavy atom. The highest BCUT2D eigenvalue weighted by molar-refractivity contribution is 7.89. The molecule has 0 amide bonds. The summed E-state index contributed by atoms with van der Waals surface area (Å²) in [4.78, 5) is 4.11. The second-order valence-corrected chi connectivity index (χ2v) is 6.73. The zero-order chi connectivity index (χ0) is 14.8. The van der Waals surface area contributed by atoms with E-state index in [1.54, 1.807) is 24.6 Å². The van der Waals surface area contributed by atoms with Gasteiger partial charge in [-0.1, -0.05) is 0 Å². The summed E-state index contributed by atoms with van der Waals surface area (Å²) in [5.74, 6) is 0.248. The first kappa shape index (κ1) is 14.8. The molecule has 0 spiro atoms. The molecule has 1 aromatic heterocycles. The van der Waals surface area contributed by atoms with Gasteiger partial charge in [-0.25, -0.2) is 18.1 Å². The second kappa shape index (κ2) is 5.78. The summed E-state index contributed by atoms with van der Waals surface area (Å²) in [7, 11) is -2.33. The molecule has 3 N–H and O–H groups in total. The minimum absolute atomic E-state index is 0.0170. The van der Waals surface area contributed by atoms with E-state index in [0.29, 0.717) is 10.7 Å². The first-order valence-corrected chi connectivity index (χ1v) is 8.15. The van der Waals surface area contributed by atoms with Crippen molar-refractivity contribution in [1.82, 2.24) is 9.71 Å². The Balaban J connectivity index is 2.33. The number of nitrogen functional groups attached to an aromatic ring is 1. The van der Waals surface area contributed by atoms with Crippen molar-refractivity contribution < 1.29 is 13.2 Å². The predicted molar refractivity (Wildman–Crippen MR) is 78.3 cm³/mol. The van der Waals surface area contributed by atoms with Crippen molar-refractivity contribution in [3.05, 3.63) is 34.8 Å². The van der Waals surface area contributed by atoms with Crippen molar-refractivity contribution in [2.45, 2.75) is 17.9 Å². The highest BCUT2D eigenvalue weighted by Gasteiger charge is 2.23. The third-order valence-corrected chi connectivity index (χ3v) is 5.15. The number of ether oxygens (including phenoxy) is 1. The Hall–Kier alpha value is -1.64. The Morgan fingerprint density at radius 3 is 2.80 bits per heavy atom. The van der Waals surface area contributed by atoms with E-state index in [-0.39, 0.29) is 10.6 Å². The molecule has 0 aliphatic rings. The van der Waals surface area contributed by atoms with Gasteiger partial charge in [-0.3, -0.25) is 0 Å². The fourth-order valence-corrected chi connectivity index (χ4v) is 3.83. The third kappa shape index (κ3) is 3.09. The summed E-state index contributed by atoms with van der Waals surface area (Å²) >= 11 is 1.39. The smallest absolute Gasteiger partial charge is 0.244 e. The molecular formula is C12H15N3O3S2. The lowest BCUT2D eigenvalue weighted by atomic mass is 10.3. The number of nitrogens with one attached hydrogen (secondary N) is 1. The number of benzene rings is 1. The molecule has 2 aromatic rings. The Labute approximate surface area is 121 Å². The van der Waals surface area contributed by atoms with Crippen LogP contribution in [-0.2, 0) is 10.0 Å². The van der Waals surface area contributed by atoms with Crippen molar-refractivity contribution >= 4 is 27.0 Å². The van der Waals surface area contributed by atoms with E-state index >= 15 is 0 Å². The minimum atomic E-state index is -3.74. The van der Waals surface area contributed by atoms with E-state index in [9.17, 15) is 8.42 Å². The van der Waals surface area contributed by atoms with Crippen LogP contribution in [0.2, 0.25) is 0 Å². The summed E-state index contributed by atoms with van der Waals surface area (Å²) in [6, 6.07) is 4.06. The van der Waals surface area contributed by atoms with Crippen LogP contribution < -0.4 is 15.2 Å². The summed E-state index contributed by atoms with van der Waals surface area (Å²) in [6.07, 6.45) is 1.63. The van der Waals surface area contributed by atoms with Crippen molar-refractivity contribution in [3.8, 4) is 5.75 Å². The van der Waals surface area contributed by atoms with Crippen molar-refractivity contribution in [1.29, 1.82) is 0 Å². The van der Waals surface area contributed by atoms with Crippen LogP contribution >= 0.6 is 11.3 Å². The Kier molecular flexibility index (Phi) is 4.26. The number of methoxy groups -OCH3 is 1. The van der Waals surface area contributed by atoms with Crippen LogP contribution in [0.3, 0.4) is 0 Å². The number of sulfonamides is 1. The first-order chi connectivity index (χ1) is 9.44. The van der Waals surface area contributed by atoms with Gasteiger partial charge < -0.3 is 10.5 Å². The molecule has 1 atom stereocenters. The van der Waals surface area contributed by atoms with Crippen LogP contribution in [0.25, 0.3) is 0 Å². The van der Waals surface area contributed by atoms with E-state index in [4.69, 9.17) is 10.5 Å². The van der Waals surface area contributed by atoms with Gasteiger partial charge in [-0.15, -0.1) is 11.3 Å². The normalized spacial score (nSPS) is 13.1. The standard InChI is InChI=1S/C12H15N3O3S2/c1-8(12-14-5-6-19-12)15-20(16,17)11-7-9(13)3-4-10(11)18-2/h3-8,15H,13H2,1-2H3. The van der Waals surface area contributed by atoms with Crippen LogP contribution in [-0.4, -0.2) is 20.5 Å². The van der Waals surface area contributed by atoms with E-state index < -0.39 is 16.1 Å². The molecule has 6 nitrogen and oxygen atoms in total. The molecule has 2 rings (SSSR count). The monoisotopic (exact) mass is 313 g/mol. The quantitative estimate of drug-likeness (QED) is 0.820. The van der Waals surface area contributed by atoms with Crippen LogP contribution in [0.15, 0.2) is 34.7 Å². The molecule has 0 saturated heterocycles.